The van der Waals surface area contributed by atoms with Gasteiger partial charge in [0.05, 0.1) is 18.0 Å². The van der Waals surface area contributed by atoms with Crippen molar-refractivity contribution in [1.29, 1.82) is 0 Å². The molecule has 1 amide bonds. The lowest BCUT2D eigenvalue weighted by molar-refractivity contribution is 0.0523. The zero-order chi connectivity index (χ0) is 15.9. The Hall–Kier alpha value is -2.00. The quantitative estimate of drug-likeness (QED) is 0.689. The lowest BCUT2D eigenvalue weighted by Crippen LogP contribution is -2.32. The normalized spacial score (nSPS) is 10.3. The van der Waals surface area contributed by atoms with Gasteiger partial charge in [-0.15, -0.1) is 11.3 Å². The van der Waals surface area contributed by atoms with Gasteiger partial charge in [-0.25, -0.2) is 9.59 Å². The van der Waals surface area contributed by atoms with Gasteiger partial charge in [-0.1, -0.05) is 11.8 Å². The Labute approximate surface area is 128 Å². The van der Waals surface area contributed by atoms with Gasteiger partial charge >= 0.3 is 12.1 Å². The second-order valence-electron chi connectivity index (χ2n) is 5.04. The first-order valence-corrected chi connectivity index (χ1v) is 7.36. The lowest BCUT2D eigenvalue weighted by Gasteiger charge is -2.18. The fourth-order valence-electron chi connectivity index (χ4n) is 1.28. The van der Waals surface area contributed by atoms with Crippen LogP contribution in [-0.2, 0) is 9.47 Å². The highest BCUT2D eigenvalue weighted by Crippen LogP contribution is 2.16. The van der Waals surface area contributed by atoms with Crippen molar-refractivity contribution in [3.05, 3.63) is 21.9 Å². The molecular weight excluding hydrogens is 290 g/mol. The summed E-state index contributed by atoms with van der Waals surface area (Å²) < 4.78 is 9.97. The summed E-state index contributed by atoms with van der Waals surface area (Å²) in [6.07, 6.45) is -0.504. The van der Waals surface area contributed by atoms with E-state index in [1.807, 2.05) is 0 Å². The average molecular weight is 309 g/mol. The summed E-state index contributed by atoms with van der Waals surface area (Å²) in [7, 11) is 0. The highest BCUT2D eigenvalue weighted by atomic mass is 32.1. The number of hydrogen-bond donors (Lipinski definition) is 1. The van der Waals surface area contributed by atoms with Crippen LogP contribution in [0.25, 0.3) is 0 Å². The molecule has 0 bridgehead atoms. The van der Waals surface area contributed by atoms with E-state index < -0.39 is 11.7 Å². The molecule has 1 aromatic rings. The molecule has 1 aromatic heterocycles. The summed E-state index contributed by atoms with van der Waals surface area (Å²) in [4.78, 5) is 24.1. The molecule has 0 aliphatic rings. The van der Waals surface area contributed by atoms with Crippen molar-refractivity contribution in [2.75, 3.05) is 13.2 Å². The van der Waals surface area contributed by atoms with Gasteiger partial charge in [-0.2, -0.15) is 0 Å². The number of carbonyl (C=O) groups is 2. The third-order valence-corrected chi connectivity index (χ3v) is 2.99. The Kier molecular flexibility index (Phi) is 6.25. The third-order valence-electron chi connectivity index (χ3n) is 2.01. The largest absolute Gasteiger partial charge is 0.462 e. The van der Waals surface area contributed by atoms with E-state index in [1.165, 1.54) is 11.3 Å². The number of carbonyl (C=O) groups excluding carboxylic acids is 2. The highest BCUT2D eigenvalue weighted by Gasteiger charge is 2.15. The molecule has 5 nitrogen and oxygen atoms in total. The van der Waals surface area contributed by atoms with E-state index >= 15 is 0 Å². The molecule has 0 saturated carbocycles. The monoisotopic (exact) mass is 309 g/mol. The first-order chi connectivity index (χ1) is 9.81. The third kappa shape index (κ3) is 6.82. The zero-order valence-corrected chi connectivity index (χ0v) is 13.4. The van der Waals surface area contributed by atoms with E-state index in [-0.39, 0.29) is 12.5 Å². The molecule has 0 aromatic carbocycles. The molecule has 1 rings (SSSR count). The van der Waals surface area contributed by atoms with Gasteiger partial charge in [-0.3, -0.25) is 0 Å². The van der Waals surface area contributed by atoms with Gasteiger partial charge in [0.15, 0.2) is 0 Å². The zero-order valence-electron chi connectivity index (χ0n) is 12.6. The smallest absolute Gasteiger partial charge is 0.408 e. The Balaban J connectivity index is 2.45. The van der Waals surface area contributed by atoms with Crippen molar-refractivity contribution in [3.63, 3.8) is 0 Å². The van der Waals surface area contributed by atoms with Crippen LogP contribution in [-0.4, -0.2) is 30.8 Å². The first-order valence-electron chi connectivity index (χ1n) is 6.54. The first kappa shape index (κ1) is 17.1. The van der Waals surface area contributed by atoms with Crippen LogP contribution < -0.4 is 5.32 Å². The minimum atomic E-state index is -0.528. The van der Waals surface area contributed by atoms with Gasteiger partial charge in [0.25, 0.3) is 0 Å². The maximum absolute atomic E-state index is 11.5. The highest BCUT2D eigenvalue weighted by molar-refractivity contribution is 7.14. The van der Waals surface area contributed by atoms with Crippen molar-refractivity contribution in [2.45, 2.75) is 33.3 Å². The molecule has 0 aliphatic heterocycles. The maximum Gasteiger partial charge on any atom is 0.408 e. The molecule has 0 saturated heterocycles. The molecule has 0 radical (unpaired) electrons. The summed E-state index contributed by atoms with van der Waals surface area (Å²) in [6, 6.07) is 3.42. The fraction of sp³-hybridized carbons (Fsp3) is 0.467. The standard InChI is InChI=1S/C15H19NO4S/c1-5-19-13(17)12-9-8-11(21-12)7-6-10-16-14(18)20-15(2,3)4/h8-9H,5,10H2,1-4H3,(H,16,18). The topological polar surface area (TPSA) is 64.6 Å². The van der Waals surface area contributed by atoms with Gasteiger partial charge in [0.2, 0.25) is 0 Å². The molecule has 6 heteroatoms. The molecule has 0 atom stereocenters. The SMILES string of the molecule is CCOC(=O)c1ccc(C#CCNC(=O)OC(C)(C)C)s1. The van der Waals surface area contributed by atoms with E-state index in [0.29, 0.717) is 11.5 Å². The molecule has 1 N–H and O–H groups in total. The summed E-state index contributed by atoms with van der Waals surface area (Å²) in [6.45, 7) is 7.66. The van der Waals surface area contributed by atoms with Crippen LogP contribution >= 0.6 is 11.3 Å². The number of amides is 1. The van der Waals surface area contributed by atoms with Gasteiger partial charge in [-0.05, 0) is 39.8 Å². The van der Waals surface area contributed by atoms with Gasteiger partial charge < -0.3 is 14.8 Å². The van der Waals surface area contributed by atoms with Crippen LogP contribution in [0.15, 0.2) is 12.1 Å². The van der Waals surface area contributed by atoms with Crippen molar-refractivity contribution in [2.24, 2.45) is 0 Å². The molecular formula is C15H19NO4S. The molecule has 0 unspecified atom stereocenters. The Morgan fingerprint density at radius 3 is 2.67 bits per heavy atom. The number of rotatable bonds is 3. The van der Waals surface area contributed by atoms with E-state index in [9.17, 15) is 9.59 Å². The molecule has 21 heavy (non-hydrogen) atoms. The van der Waals surface area contributed by atoms with E-state index in [2.05, 4.69) is 17.2 Å². The average Bonchev–Trinajstić information content (AvgIpc) is 2.81. The minimum Gasteiger partial charge on any atom is -0.462 e. The van der Waals surface area contributed by atoms with E-state index in [1.54, 1.807) is 39.8 Å². The number of ether oxygens (including phenoxy) is 2. The number of nitrogens with one attached hydrogen (secondary N) is 1. The summed E-state index contributed by atoms with van der Waals surface area (Å²) >= 11 is 1.26. The lowest BCUT2D eigenvalue weighted by atomic mass is 10.2. The van der Waals surface area contributed by atoms with Crippen molar-refractivity contribution in [1.82, 2.24) is 5.32 Å². The Bertz CT molecular complexity index is 560. The van der Waals surface area contributed by atoms with Crippen LogP contribution in [0.5, 0.6) is 0 Å². The minimum absolute atomic E-state index is 0.182. The summed E-state index contributed by atoms with van der Waals surface area (Å²) in [5.74, 6) is 5.32. The van der Waals surface area contributed by atoms with E-state index in [4.69, 9.17) is 9.47 Å². The van der Waals surface area contributed by atoms with Crippen molar-refractivity contribution < 1.29 is 19.1 Å². The predicted octanol–water partition coefficient (Wildman–Crippen LogP) is 2.80. The summed E-state index contributed by atoms with van der Waals surface area (Å²) in [5.41, 5.74) is -0.528. The van der Waals surface area contributed by atoms with Gasteiger partial charge in [0, 0.05) is 0 Å². The van der Waals surface area contributed by atoms with Crippen LogP contribution in [0.4, 0.5) is 4.79 Å². The fourth-order valence-corrected chi connectivity index (χ4v) is 2.05. The molecule has 0 spiro atoms. The second-order valence-corrected chi connectivity index (χ2v) is 6.13. The number of alkyl carbamates (subject to hydrolysis) is 1. The Morgan fingerprint density at radius 2 is 2.05 bits per heavy atom. The van der Waals surface area contributed by atoms with Crippen LogP contribution in [0.3, 0.4) is 0 Å². The molecule has 114 valence electrons. The predicted molar refractivity (Wildman–Crippen MR) is 81.4 cm³/mol. The number of thiophene rings is 1. The second kappa shape index (κ2) is 7.70. The molecule has 1 heterocycles. The van der Waals surface area contributed by atoms with Crippen LogP contribution in [0.2, 0.25) is 0 Å². The van der Waals surface area contributed by atoms with Gasteiger partial charge in [0.1, 0.15) is 10.5 Å². The molecule has 0 aliphatic carbocycles. The van der Waals surface area contributed by atoms with E-state index in [0.717, 1.165) is 4.88 Å². The van der Waals surface area contributed by atoms with Crippen molar-refractivity contribution in [3.8, 4) is 11.8 Å². The molecule has 0 fully saturated rings. The number of esters is 1. The summed E-state index contributed by atoms with van der Waals surface area (Å²) in [5, 5.41) is 2.54. The van der Waals surface area contributed by atoms with Crippen LogP contribution in [0, 0.1) is 11.8 Å². The number of hydrogen-bond acceptors (Lipinski definition) is 5. The van der Waals surface area contributed by atoms with Crippen molar-refractivity contribution >= 4 is 23.4 Å². The van der Waals surface area contributed by atoms with Crippen LogP contribution in [0.1, 0.15) is 42.2 Å². The maximum atomic E-state index is 11.5. The Morgan fingerprint density at radius 1 is 1.33 bits per heavy atom.